The van der Waals surface area contributed by atoms with Crippen LogP contribution in [0.4, 0.5) is 0 Å². The summed E-state index contributed by atoms with van der Waals surface area (Å²) in [6, 6.07) is 1.14. The van der Waals surface area contributed by atoms with Crippen molar-refractivity contribution in [1.29, 1.82) is 0 Å². The number of hydrogen-bond donors (Lipinski definition) is 2. The molecule has 0 aliphatic rings. The van der Waals surface area contributed by atoms with E-state index in [1.54, 1.807) is 14.0 Å². The number of nitrogens with zero attached hydrogens (tertiary/aromatic N) is 4. The van der Waals surface area contributed by atoms with Gasteiger partial charge in [0.25, 0.3) is 0 Å². The predicted octanol–water partition coefficient (Wildman–Crippen LogP) is 2.17. The van der Waals surface area contributed by atoms with Crippen molar-refractivity contribution < 1.29 is 4.52 Å². The van der Waals surface area contributed by atoms with Crippen LogP contribution < -0.4 is 10.6 Å². The van der Waals surface area contributed by atoms with Crippen molar-refractivity contribution in [1.82, 2.24) is 25.7 Å². The first-order valence-corrected chi connectivity index (χ1v) is 7.93. The van der Waals surface area contributed by atoms with Crippen molar-refractivity contribution in [3.05, 3.63) is 11.7 Å². The van der Waals surface area contributed by atoms with Crippen LogP contribution in [0.5, 0.6) is 0 Å². The third-order valence-electron chi connectivity index (χ3n) is 3.42. The molecule has 1 aromatic heterocycles. The Kier molecular flexibility index (Phi) is 11.2. The summed E-state index contributed by atoms with van der Waals surface area (Å²) in [5.74, 6) is 1.96. The molecule has 23 heavy (non-hydrogen) atoms. The molecule has 0 aliphatic heterocycles. The zero-order chi connectivity index (χ0) is 16.5. The quantitative estimate of drug-likeness (QED) is 0.280. The zero-order valence-electron chi connectivity index (χ0n) is 15.1. The van der Waals surface area contributed by atoms with Crippen LogP contribution >= 0.6 is 24.0 Å². The van der Waals surface area contributed by atoms with Crippen LogP contribution in [0.15, 0.2) is 9.52 Å². The van der Waals surface area contributed by atoms with E-state index in [2.05, 4.69) is 58.4 Å². The van der Waals surface area contributed by atoms with E-state index in [9.17, 15) is 0 Å². The number of nitrogens with one attached hydrogen (secondary N) is 2. The van der Waals surface area contributed by atoms with Gasteiger partial charge in [-0.05, 0) is 34.1 Å². The van der Waals surface area contributed by atoms with E-state index in [0.29, 0.717) is 30.3 Å². The summed E-state index contributed by atoms with van der Waals surface area (Å²) in [5.41, 5.74) is 0. The molecule has 0 aromatic carbocycles. The average molecular weight is 438 g/mol. The maximum absolute atomic E-state index is 4.93. The highest BCUT2D eigenvalue weighted by Crippen LogP contribution is 2.05. The maximum Gasteiger partial charge on any atom is 0.223 e. The molecule has 8 heteroatoms. The van der Waals surface area contributed by atoms with Crippen LogP contribution in [-0.4, -0.2) is 53.2 Å². The van der Waals surface area contributed by atoms with Crippen molar-refractivity contribution in [2.24, 2.45) is 4.99 Å². The van der Waals surface area contributed by atoms with Gasteiger partial charge in [0.05, 0.1) is 6.54 Å². The van der Waals surface area contributed by atoms with Gasteiger partial charge in [-0.15, -0.1) is 24.0 Å². The second-order valence-electron chi connectivity index (χ2n) is 5.86. The third-order valence-corrected chi connectivity index (χ3v) is 3.42. The van der Waals surface area contributed by atoms with Crippen LogP contribution in [0.2, 0.25) is 0 Å². The molecule has 0 saturated heterocycles. The first-order valence-electron chi connectivity index (χ1n) is 7.93. The number of rotatable bonds is 8. The highest BCUT2D eigenvalue weighted by atomic mass is 127. The summed E-state index contributed by atoms with van der Waals surface area (Å²) in [7, 11) is 1.76. The molecule has 1 heterocycles. The Morgan fingerprint density at radius 1 is 1.22 bits per heavy atom. The van der Waals surface area contributed by atoms with Gasteiger partial charge < -0.3 is 15.2 Å². The molecule has 0 radical (unpaired) electrons. The fourth-order valence-corrected chi connectivity index (χ4v) is 2.38. The monoisotopic (exact) mass is 438 g/mol. The molecule has 0 fully saturated rings. The summed E-state index contributed by atoms with van der Waals surface area (Å²) in [5, 5.41) is 10.3. The van der Waals surface area contributed by atoms with E-state index >= 15 is 0 Å². The van der Waals surface area contributed by atoms with E-state index in [1.807, 2.05) is 0 Å². The summed E-state index contributed by atoms with van der Waals surface area (Å²) in [6.45, 7) is 13.2. The van der Waals surface area contributed by atoms with Crippen molar-refractivity contribution in [3.63, 3.8) is 0 Å². The Balaban J connectivity index is 0.00000484. The Bertz CT molecular complexity index is 453. The lowest BCUT2D eigenvalue weighted by Gasteiger charge is -2.30. The fourth-order valence-electron chi connectivity index (χ4n) is 2.38. The first-order chi connectivity index (χ1) is 10.4. The van der Waals surface area contributed by atoms with E-state index in [1.165, 1.54) is 0 Å². The van der Waals surface area contributed by atoms with E-state index in [0.717, 1.165) is 25.5 Å². The lowest BCUT2D eigenvalue weighted by Crippen LogP contribution is -2.41. The first kappa shape index (κ1) is 22.1. The summed E-state index contributed by atoms with van der Waals surface area (Å²) >= 11 is 0. The predicted molar refractivity (Wildman–Crippen MR) is 104 cm³/mol. The van der Waals surface area contributed by atoms with Crippen molar-refractivity contribution in [2.45, 2.75) is 59.7 Å². The van der Waals surface area contributed by atoms with Gasteiger partial charge in [0.15, 0.2) is 11.8 Å². The van der Waals surface area contributed by atoms with Crippen molar-refractivity contribution in [2.75, 3.05) is 20.1 Å². The molecule has 0 aliphatic carbocycles. The highest BCUT2D eigenvalue weighted by Gasteiger charge is 2.12. The van der Waals surface area contributed by atoms with Gasteiger partial charge >= 0.3 is 0 Å². The molecule has 2 N–H and O–H groups in total. The molecular weight excluding hydrogens is 407 g/mol. The number of halogens is 1. The van der Waals surface area contributed by atoms with Crippen molar-refractivity contribution >= 4 is 29.9 Å². The summed E-state index contributed by atoms with van der Waals surface area (Å²) in [6.07, 6.45) is 1.07. The minimum Gasteiger partial charge on any atom is -0.356 e. The fraction of sp³-hybridized carbons (Fsp3) is 0.800. The van der Waals surface area contributed by atoms with Gasteiger partial charge in [0.2, 0.25) is 5.89 Å². The Morgan fingerprint density at radius 3 is 2.35 bits per heavy atom. The van der Waals surface area contributed by atoms with Crippen LogP contribution in [0, 0.1) is 6.92 Å². The zero-order valence-corrected chi connectivity index (χ0v) is 17.4. The van der Waals surface area contributed by atoms with Crippen molar-refractivity contribution in [3.8, 4) is 0 Å². The Morgan fingerprint density at radius 2 is 1.87 bits per heavy atom. The van der Waals surface area contributed by atoms with Crippen LogP contribution in [0.1, 0.15) is 45.8 Å². The normalized spacial score (nSPS) is 12.0. The molecule has 1 rings (SSSR count). The second-order valence-corrected chi connectivity index (χ2v) is 5.86. The topological polar surface area (TPSA) is 78.6 Å². The number of aliphatic imine (C=N–C) groups is 1. The molecule has 0 spiro atoms. The SMILES string of the molecule is CN=C(NCCCN(C(C)C)C(C)C)NCc1noc(C)n1.I. The van der Waals surface area contributed by atoms with Gasteiger partial charge in [-0.2, -0.15) is 4.98 Å². The van der Waals surface area contributed by atoms with Crippen LogP contribution in [0.25, 0.3) is 0 Å². The van der Waals surface area contributed by atoms with E-state index in [-0.39, 0.29) is 24.0 Å². The molecule has 134 valence electrons. The molecular formula is C15H31IN6O. The molecule has 1 aromatic rings. The van der Waals surface area contributed by atoms with E-state index in [4.69, 9.17) is 4.52 Å². The van der Waals surface area contributed by atoms with Crippen LogP contribution in [-0.2, 0) is 6.54 Å². The third kappa shape index (κ3) is 8.50. The minimum atomic E-state index is 0. The number of guanidine groups is 1. The number of aryl methyl sites for hydroxylation is 1. The Hall–Kier alpha value is -0.900. The number of aromatic nitrogens is 2. The Labute approximate surface area is 156 Å². The number of hydrogen-bond acceptors (Lipinski definition) is 5. The lowest BCUT2D eigenvalue weighted by molar-refractivity contribution is 0.173. The van der Waals surface area contributed by atoms with Crippen LogP contribution in [0.3, 0.4) is 0 Å². The second kappa shape index (κ2) is 11.6. The van der Waals surface area contributed by atoms with Gasteiger partial charge in [-0.25, -0.2) is 0 Å². The average Bonchev–Trinajstić information content (AvgIpc) is 2.86. The molecule has 0 amide bonds. The van der Waals surface area contributed by atoms with Gasteiger partial charge in [0.1, 0.15) is 0 Å². The van der Waals surface area contributed by atoms with Gasteiger partial charge in [-0.3, -0.25) is 9.89 Å². The lowest BCUT2D eigenvalue weighted by atomic mass is 10.2. The van der Waals surface area contributed by atoms with Gasteiger partial charge in [0, 0.05) is 39.1 Å². The molecule has 0 atom stereocenters. The summed E-state index contributed by atoms with van der Waals surface area (Å²) < 4.78 is 4.93. The molecule has 0 bridgehead atoms. The molecule has 0 saturated carbocycles. The highest BCUT2D eigenvalue weighted by molar-refractivity contribution is 14.0. The van der Waals surface area contributed by atoms with Gasteiger partial charge in [-0.1, -0.05) is 5.16 Å². The minimum absolute atomic E-state index is 0. The molecule has 0 unspecified atom stereocenters. The maximum atomic E-state index is 4.93. The van der Waals surface area contributed by atoms with E-state index < -0.39 is 0 Å². The summed E-state index contributed by atoms with van der Waals surface area (Å²) in [4.78, 5) is 10.8. The largest absolute Gasteiger partial charge is 0.356 e. The molecule has 7 nitrogen and oxygen atoms in total. The standard InChI is InChI=1S/C15H30N6O.HI/c1-11(2)21(12(3)4)9-7-8-17-15(16-6)18-10-14-19-13(5)22-20-14;/h11-12H,7-10H2,1-6H3,(H2,16,17,18);1H. The smallest absolute Gasteiger partial charge is 0.223 e.